The highest BCUT2D eigenvalue weighted by Crippen LogP contribution is 2.07. The molecule has 6 nitrogen and oxygen atoms in total. The molecule has 1 aromatic carbocycles. The second-order valence-corrected chi connectivity index (χ2v) is 5.89. The maximum absolute atomic E-state index is 13.0. The molecule has 0 radical (unpaired) electrons. The Bertz CT molecular complexity index is 687. The topological polar surface area (TPSA) is 64.4 Å². The standard InChI is InChI=1S/C19H24FN3O3/c1-2-26-19(25)8-12-23(11-3-10-22-13-9-21-15-22)18(24)14-16-4-6-17(20)7-5-16/h4-7,9,13,15H,2-3,8,10-12,14H2,1H3. The number of amides is 1. The average molecular weight is 361 g/mol. The second kappa shape index (κ2) is 10.3. The van der Waals surface area contributed by atoms with Crippen molar-refractivity contribution in [2.45, 2.75) is 32.7 Å². The molecular weight excluding hydrogens is 337 g/mol. The van der Waals surface area contributed by atoms with Crippen LogP contribution < -0.4 is 0 Å². The van der Waals surface area contributed by atoms with Gasteiger partial charge < -0.3 is 14.2 Å². The molecule has 2 rings (SSSR count). The molecule has 0 atom stereocenters. The molecule has 0 saturated heterocycles. The van der Waals surface area contributed by atoms with E-state index in [1.165, 1.54) is 12.1 Å². The Hall–Kier alpha value is -2.70. The number of halogens is 1. The van der Waals surface area contributed by atoms with Crippen LogP contribution in [-0.2, 0) is 27.3 Å². The minimum absolute atomic E-state index is 0.0912. The van der Waals surface area contributed by atoms with Gasteiger partial charge in [0.25, 0.3) is 0 Å². The van der Waals surface area contributed by atoms with Gasteiger partial charge in [-0.15, -0.1) is 0 Å². The Balaban J connectivity index is 1.91. The lowest BCUT2D eigenvalue weighted by Gasteiger charge is -2.22. The zero-order valence-electron chi connectivity index (χ0n) is 14.9. The average Bonchev–Trinajstić information content (AvgIpc) is 3.13. The summed E-state index contributed by atoms with van der Waals surface area (Å²) in [5.74, 6) is -0.742. The molecule has 7 heteroatoms. The van der Waals surface area contributed by atoms with Crippen LogP contribution >= 0.6 is 0 Å². The summed E-state index contributed by atoms with van der Waals surface area (Å²) in [6, 6.07) is 5.87. The van der Waals surface area contributed by atoms with Crippen molar-refractivity contribution in [3.05, 3.63) is 54.4 Å². The van der Waals surface area contributed by atoms with Crippen LogP contribution in [0.4, 0.5) is 4.39 Å². The number of aromatic nitrogens is 2. The molecular formula is C19H24FN3O3. The second-order valence-electron chi connectivity index (χ2n) is 5.89. The van der Waals surface area contributed by atoms with Gasteiger partial charge in [0.2, 0.25) is 5.91 Å². The fourth-order valence-electron chi connectivity index (χ4n) is 2.57. The molecule has 0 fully saturated rings. The SMILES string of the molecule is CCOC(=O)CCN(CCCn1ccnc1)C(=O)Cc1ccc(F)cc1. The summed E-state index contributed by atoms with van der Waals surface area (Å²) < 4.78 is 19.9. The lowest BCUT2D eigenvalue weighted by atomic mass is 10.1. The van der Waals surface area contributed by atoms with E-state index in [2.05, 4.69) is 4.98 Å². The number of hydrogen-bond acceptors (Lipinski definition) is 4. The number of carbonyl (C=O) groups is 2. The highest BCUT2D eigenvalue weighted by atomic mass is 19.1. The monoisotopic (exact) mass is 361 g/mol. The predicted octanol–water partition coefficient (Wildman–Crippen LogP) is 2.44. The number of hydrogen-bond donors (Lipinski definition) is 0. The van der Waals surface area contributed by atoms with Crippen LogP contribution in [0.15, 0.2) is 43.0 Å². The van der Waals surface area contributed by atoms with Gasteiger partial charge in [-0.3, -0.25) is 9.59 Å². The fourth-order valence-corrected chi connectivity index (χ4v) is 2.57. The summed E-state index contributed by atoms with van der Waals surface area (Å²) in [6.07, 6.45) is 6.38. The van der Waals surface area contributed by atoms with Crippen LogP contribution in [0, 0.1) is 5.82 Å². The van der Waals surface area contributed by atoms with E-state index in [4.69, 9.17) is 4.74 Å². The quantitative estimate of drug-likeness (QED) is 0.610. The van der Waals surface area contributed by atoms with Crippen LogP contribution in [0.25, 0.3) is 0 Å². The number of rotatable bonds is 10. The van der Waals surface area contributed by atoms with E-state index < -0.39 is 0 Å². The van der Waals surface area contributed by atoms with Crippen LogP contribution in [0.5, 0.6) is 0 Å². The predicted molar refractivity (Wildman–Crippen MR) is 94.8 cm³/mol. The van der Waals surface area contributed by atoms with Crippen molar-refractivity contribution in [3.8, 4) is 0 Å². The molecule has 140 valence electrons. The number of carbonyl (C=O) groups excluding carboxylic acids is 2. The highest BCUT2D eigenvalue weighted by Gasteiger charge is 2.16. The normalized spacial score (nSPS) is 10.5. The number of nitrogens with zero attached hydrogens (tertiary/aromatic N) is 3. The first kappa shape index (κ1) is 19.6. The molecule has 0 unspecified atom stereocenters. The lowest BCUT2D eigenvalue weighted by molar-refractivity contribution is -0.144. The van der Waals surface area contributed by atoms with Gasteiger partial charge in [0.1, 0.15) is 5.82 Å². The number of aryl methyl sites for hydroxylation is 1. The van der Waals surface area contributed by atoms with E-state index in [0.717, 1.165) is 18.5 Å². The van der Waals surface area contributed by atoms with Crippen molar-refractivity contribution >= 4 is 11.9 Å². The molecule has 26 heavy (non-hydrogen) atoms. The van der Waals surface area contributed by atoms with E-state index in [1.807, 2.05) is 10.8 Å². The minimum atomic E-state index is -0.333. The van der Waals surface area contributed by atoms with E-state index in [1.54, 1.807) is 36.5 Å². The Labute approximate surface area is 152 Å². The molecule has 1 amide bonds. The first-order chi connectivity index (χ1) is 12.6. The van der Waals surface area contributed by atoms with Gasteiger partial charge in [-0.2, -0.15) is 0 Å². The summed E-state index contributed by atoms with van der Waals surface area (Å²) in [6.45, 7) is 3.64. The summed E-state index contributed by atoms with van der Waals surface area (Å²) in [7, 11) is 0. The van der Waals surface area contributed by atoms with Gasteiger partial charge in [-0.05, 0) is 31.0 Å². The fraction of sp³-hybridized carbons (Fsp3) is 0.421. The zero-order valence-corrected chi connectivity index (χ0v) is 14.9. The Kier molecular flexibility index (Phi) is 7.79. The molecule has 0 N–H and O–H groups in total. The Morgan fingerprint density at radius 1 is 1.23 bits per heavy atom. The zero-order chi connectivity index (χ0) is 18.8. The lowest BCUT2D eigenvalue weighted by Crippen LogP contribution is -2.35. The first-order valence-corrected chi connectivity index (χ1v) is 8.72. The Morgan fingerprint density at radius 3 is 2.65 bits per heavy atom. The molecule has 0 spiro atoms. The molecule has 0 bridgehead atoms. The largest absolute Gasteiger partial charge is 0.466 e. The van der Waals surface area contributed by atoms with Gasteiger partial charge in [0.15, 0.2) is 0 Å². The maximum atomic E-state index is 13.0. The number of ether oxygens (including phenoxy) is 1. The number of imidazole rings is 1. The van der Waals surface area contributed by atoms with Gasteiger partial charge in [0.05, 0.1) is 25.8 Å². The molecule has 1 heterocycles. The van der Waals surface area contributed by atoms with E-state index >= 15 is 0 Å². The maximum Gasteiger partial charge on any atom is 0.307 e. The third kappa shape index (κ3) is 6.66. The number of esters is 1. The summed E-state index contributed by atoms with van der Waals surface area (Å²) in [5.41, 5.74) is 0.743. The first-order valence-electron chi connectivity index (χ1n) is 8.72. The third-order valence-electron chi connectivity index (χ3n) is 3.92. The van der Waals surface area contributed by atoms with Crippen LogP contribution in [-0.4, -0.2) is 46.0 Å². The molecule has 0 aliphatic rings. The minimum Gasteiger partial charge on any atom is -0.466 e. The van der Waals surface area contributed by atoms with Gasteiger partial charge in [-0.25, -0.2) is 9.37 Å². The Morgan fingerprint density at radius 2 is 2.00 bits per heavy atom. The van der Waals surface area contributed by atoms with Crippen molar-refractivity contribution in [1.82, 2.24) is 14.5 Å². The summed E-state index contributed by atoms with van der Waals surface area (Å²) in [4.78, 5) is 29.9. The molecule has 0 aliphatic carbocycles. The van der Waals surface area contributed by atoms with Gasteiger partial charge in [0, 0.05) is 32.0 Å². The molecule has 0 saturated carbocycles. The van der Waals surface area contributed by atoms with Gasteiger partial charge in [-0.1, -0.05) is 12.1 Å². The van der Waals surface area contributed by atoms with Crippen molar-refractivity contribution in [3.63, 3.8) is 0 Å². The van der Waals surface area contributed by atoms with Crippen LogP contribution in [0.3, 0.4) is 0 Å². The van der Waals surface area contributed by atoms with Crippen molar-refractivity contribution in [2.24, 2.45) is 0 Å². The highest BCUT2D eigenvalue weighted by molar-refractivity contribution is 5.79. The summed E-state index contributed by atoms with van der Waals surface area (Å²) in [5, 5.41) is 0. The molecule has 2 aromatic rings. The molecule has 1 aromatic heterocycles. The van der Waals surface area contributed by atoms with Crippen molar-refractivity contribution in [2.75, 3.05) is 19.7 Å². The summed E-state index contributed by atoms with van der Waals surface area (Å²) >= 11 is 0. The van der Waals surface area contributed by atoms with E-state index in [9.17, 15) is 14.0 Å². The molecule has 0 aliphatic heterocycles. The number of benzene rings is 1. The van der Waals surface area contributed by atoms with Crippen molar-refractivity contribution < 1.29 is 18.7 Å². The van der Waals surface area contributed by atoms with Crippen LogP contribution in [0.1, 0.15) is 25.3 Å². The van der Waals surface area contributed by atoms with Crippen LogP contribution in [0.2, 0.25) is 0 Å². The van der Waals surface area contributed by atoms with E-state index in [-0.39, 0.29) is 30.5 Å². The van der Waals surface area contributed by atoms with Crippen molar-refractivity contribution in [1.29, 1.82) is 0 Å². The third-order valence-corrected chi connectivity index (χ3v) is 3.92. The van der Waals surface area contributed by atoms with Gasteiger partial charge >= 0.3 is 5.97 Å². The van der Waals surface area contributed by atoms with E-state index in [0.29, 0.717) is 19.7 Å². The smallest absolute Gasteiger partial charge is 0.307 e.